The Balaban J connectivity index is 3.56. The van der Waals surface area contributed by atoms with Gasteiger partial charge in [-0.15, -0.1) is 0 Å². The Hall–Kier alpha value is -1.10. The van der Waals surface area contributed by atoms with Crippen molar-refractivity contribution in [3.63, 3.8) is 0 Å². The lowest BCUT2D eigenvalue weighted by Gasteiger charge is -2.16. The topological polar surface area (TPSA) is 72.8 Å². The summed E-state index contributed by atoms with van der Waals surface area (Å²) in [4.78, 5) is 22.1. The molecule has 0 spiro atoms. The summed E-state index contributed by atoms with van der Waals surface area (Å²) in [5, 5.41) is 9.65. The fraction of sp³-hybridized carbons (Fsp3) is 0.895. The van der Waals surface area contributed by atoms with Gasteiger partial charge in [-0.3, -0.25) is 9.59 Å². The van der Waals surface area contributed by atoms with Gasteiger partial charge in [-0.25, -0.2) is 0 Å². The van der Waals surface area contributed by atoms with Gasteiger partial charge in [0.25, 0.3) is 0 Å². The first-order chi connectivity index (χ1) is 11.5. The molecule has 142 valence electrons. The van der Waals surface area contributed by atoms with E-state index >= 15 is 0 Å². The molecule has 0 aromatic heterocycles. The van der Waals surface area contributed by atoms with Gasteiger partial charge in [-0.2, -0.15) is 0 Å². The third kappa shape index (κ3) is 14.5. The average Bonchev–Trinajstić information content (AvgIpc) is 2.54. The number of hydrogen-bond donors (Lipinski definition) is 1. The second-order valence-electron chi connectivity index (χ2n) is 6.51. The van der Waals surface area contributed by atoms with Crippen LogP contribution in [0.25, 0.3) is 0 Å². The molecule has 1 unspecified atom stereocenters. The molecule has 0 aliphatic heterocycles. The molecule has 0 fully saturated rings. The fourth-order valence-corrected chi connectivity index (χ4v) is 2.77. The molecule has 0 aliphatic carbocycles. The Kier molecular flexibility index (Phi) is 14.7. The summed E-state index contributed by atoms with van der Waals surface area (Å²) in [6, 6.07) is 0. The van der Waals surface area contributed by atoms with Gasteiger partial charge >= 0.3 is 11.9 Å². The van der Waals surface area contributed by atoms with E-state index < -0.39 is 6.10 Å². The minimum Gasteiger partial charge on any atom is -0.469 e. The van der Waals surface area contributed by atoms with Crippen LogP contribution >= 0.6 is 0 Å². The minimum absolute atomic E-state index is 0.0796. The molecule has 0 rings (SSSR count). The van der Waals surface area contributed by atoms with Crippen molar-refractivity contribution in [1.82, 2.24) is 0 Å². The summed E-state index contributed by atoms with van der Waals surface area (Å²) >= 11 is 0. The number of carbonyl (C=O) groups excluding carboxylic acids is 2. The van der Waals surface area contributed by atoms with E-state index in [0.29, 0.717) is 6.42 Å². The van der Waals surface area contributed by atoms with Gasteiger partial charge in [-0.05, 0) is 25.7 Å². The van der Waals surface area contributed by atoms with Crippen LogP contribution in [0.15, 0.2) is 0 Å². The largest absolute Gasteiger partial charge is 0.469 e. The molecule has 0 aromatic rings. The zero-order chi connectivity index (χ0) is 18.2. The van der Waals surface area contributed by atoms with Gasteiger partial charge in [0.1, 0.15) is 6.10 Å². The van der Waals surface area contributed by atoms with Crippen molar-refractivity contribution in [2.24, 2.45) is 0 Å². The van der Waals surface area contributed by atoms with E-state index in [0.717, 1.165) is 64.2 Å². The molecule has 24 heavy (non-hydrogen) atoms. The number of ether oxygens (including phenoxy) is 2. The van der Waals surface area contributed by atoms with E-state index in [2.05, 4.69) is 11.7 Å². The number of carbonyl (C=O) groups is 2. The van der Waals surface area contributed by atoms with E-state index in [9.17, 15) is 14.7 Å². The van der Waals surface area contributed by atoms with E-state index in [1.165, 1.54) is 14.0 Å². The van der Waals surface area contributed by atoms with Gasteiger partial charge in [0, 0.05) is 6.92 Å². The maximum atomic E-state index is 11.1. The SMILES string of the molecule is CCCC[C@@H](CCCCCCCCC(O)CC(=O)OC)OC(C)=O. The normalized spacial score (nSPS) is 13.3. The highest BCUT2D eigenvalue weighted by Gasteiger charge is 2.11. The molecule has 2 atom stereocenters. The quantitative estimate of drug-likeness (QED) is 0.357. The number of rotatable bonds is 15. The molecule has 5 heteroatoms. The summed E-state index contributed by atoms with van der Waals surface area (Å²) in [5.41, 5.74) is 0. The van der Waals surface area contributed by atoms with Crippen LogP contribution in [0, 0.1) is 0 Å². The Bertz CT molecular complexity index is 330. The zero-order valence-electron chi connectivity index (χ0n) is 15.7. The number of esters is 2. The molecule has 0 saturated heterocycles. The third-order valence-corrected chi connectivity index (χ3v) is 4.16. The molecule has 0 radical (unpaired) electrons. The molecular formula is C19H36O5. The molecule has 0 heterocycles. The highest BCUT2D eigenvalue weighted by molar-refractivity contribution is 5.69. The van der Waals surface area contributed by atoms with Gasteiger partial charge < -0.3 is 14.6 Å². The lowest BCUT2D eigenvalue weighted by molar-refractivity contribution is -0.147. The smallest absolute Gasteiger partial charge is 0.308 e. The first kappa shape index (κ1) is 22.9. The van der Waals surface area contributed by atoms with Crippen molar-refractivity contribution in [3.05, 3.63) is 0 Å². The predicted molar refractivity (Wildman–Crippen MR) is 94.7 cm³/mol. The number of unbranched alkanes of at least 4 members (excludes halogenated alkanes) is 6. The predicted octanol–water partition coefficient (Wildman–Crippen LogP) is 4.15. The van der Waals surface area contributed by atoms with Crippen molar-refractivity contribution in [2.45, 2.75) is 103 Å². The molecule has 5 nitrogen and oxygen atoms in total. The maximum absolute atomic E-state index is 11.1. The number of hydrogen-bond acceptors (Lipinski definition) is 5. The Morgan fingerprint density at radius 1 is 0.917 bits per heavy atom. The van der Waals surface area contributed by atoms with E-state index in [-0.39, 0.29) is 24.5 Å². The lowest BCUT2D eigenvalue weighted by atomic mass is 10.0. The van der Waals surface area contributed by atoms with E-state index in [1.54, 1.807) is 0 Å². The lowest BCUT2D eigenvalue weighted by Crippen LogP contribution is -2.16. The van der Waals surface area contributed by atoms with Crippen LogP contribution in [-0.2, 0) is 19.1 Å². The monoisotopic (exact) mass is 344 g/mol. The summed E-state index contributed by atoms with van der Waals surface area (Å²) in [5.74, 6) is -0.533. The Labute approximate surface area is 147 Å². The first-order valence-corrected chi connectivity index (χ1v) is 9.41. The standard InChI is InChI=1S/C19H36O5/c1-4-5-13-18(24-16(2)20)14-11-9-7-6-8-10-12-17(21)15-19(22)23-3/h17-18,21H,4-15H2,1-3H3/t17?,18-/m0/s1. The highest BCUT2D eigenvalue weighted by Crippen LogP contribution is 2.16. The summed E-state index contributed by atoms with van der Waals surface area (Å²) in [6.45, 7) is 3.63. The molecule has 1 N–H and O–H groups in total. The third-order valence-electron chi connectivity index (χ3n) is 4.16. The van der Waals surface area contributed by atoms with Crippen LogP contribution in [0.2, 0.25) is 0 Å². The molecule has 0 saturated carbocycles. The van der Waals surface area contributed by atoms with Crippen LogP contribution in [0.1, 0.15) is 90.9 Å². The van der Waals surface area contributed by atoms with Crippen molar-refractivity contribution in [1.29, 1.82) is 0 Å². The Morgan fingerprint density at radius 2 is 1.46 bits per heavy atom. The number of methoxy groups -OCH3 is 1. The van der Waals surface area contributed by atoms with Crippen LogP contribution in [0.3, 0.4) is 0 Å². The van der Waals surface area contributed by atoms with Gasteiger partial charge in [0.05, 0.1) is 19.6 Å². The van der Waals surface area contributed by atoms with Gasteiger partial charge in [-0.1, -0.05) is 51.9 Å². The van der Waals surface area contributed by atoms with Crippen molar-refractivity contribution >= 4 is 11.9 Å². The van der Waals surface area contributed by atoms with Crippen molar-refractivity contribution in [3.8, 4) is 0 Å². The van der Waals surface area contributed by atoms with Crippen LogP contribution in [0.5, 0.6) is 0 Å². The molecule has 0 aromatic carbocycles. The summed E-state index contributed by atoms with van der Waals surface area (Å²) in [7, 11) is 1.34. The van der Waals surface area contributed by atoms with Crippen LogP contribution in [0.4, 0.5) is 0 Å². The van der Waals surface area contributed by atoms with Gasteiger partial charge in [0.2, 0.25) is 0 Å². The van der Waals surface area contributed by atoms with Crippen molar-refractivity contribution < 1.29 is 24.2 Å². The second kappa shape index (κ2) is 15.4. The molecular weight excluding hydrogens is 308 g/mol. The van der Waals surface area contributed by atoms with Crippen LogP contribution < -0.4 is 0 Å². The first-order valence-electron chi connectivity index (χ1n) is 9.41. The van der Waals surface area contributed by atoms with E-state index in [4.69, 9.17) is 4.74 Å². The van der Waals surface area contributed by atoms with Gasteiger partial charge in [0.15, 0.2) is 0 Å². The number of aliphatic hydroxyl groups excluding tert-OH is 1. The maximum Gasteiger partial charge on any atom is 0.308 e. The van der Waals surface area contributed by atoms with Crippen molar-refractivity contribution in [2.75, 3.05) is 7.11 Å². The molecule has 0 amide bonds. The second-order valence-corrected chi connectivity index (χ2v) is 6.51. The summed E-state index contributed by atoms with van der Waals surface area (Å²) in [6.07, 6.45) is 10.9. The summed E-state index contributed by atoms with van der Waals surface area (Å²) < 4.78 is 9.89. The Morgan fingerprint density at radius 3 is 2.00 bits per heavy atom. The molecule has 0 aliphatic rings. The average molecular weight is 344 g/mol. The zero-order valence-corrected chi connectivity index (χ0v) is 15.7. The number of aliphatic hydroxyl groups is 1. The van der Waals surface area contributed by atoms with Crippen LogP contribution in [-0.4, -0.2) is 36.4 Å². The minimum atomic E-state index is -0.583. The highest BCUT2D eigenvalue weighted by atomic mass is 16.5. The molecule has 0 bridgehead atoms. The fourth-order valence-electron chi connectivity index (χ4n) is 2.77. The van der Waals surface area contributed by atoms with E-state index in [1.807, 2.05) is 0 Å².